The highest BCUT2D eigenvalue weighted by atomic mass is 127. The van der Waals surface area contributed by atoms with Crippen molar-refractivity contribution >= 4 is 54.5 Å². The fraction of sp³-hybridized carbons (Fsp3) is 0.238. The third-order valence-electron chi connectivity index (χ3n) is 2.69. The van der Waals surface area contributed by atoms with Gasteiger partial charge >= 0.3 is 0 Å². The van der Waals surface area contributed by atoms with Crippen molar-refractivity contribution in [2.75, 3.05) is 34.7 Å². The van der Waals surface area contributed by atoms with Crippen LogP contribution in [0.2, 0.25) is 0 Å². The van der Waals surface area contributed by atoms with Gasteiger partial charge in [-0.25, -0.2) is 8.78 Å². The number of terminal acetylenes is 1. The third kappa shape index (κ3) is 13.1. The van der Waals surface area contributed by atoms with Crippen molar-refractivity contribution in [2.45, 2.75) is 0 Å². The maximum absolute atomic E-state index is 13.2. The molecule has 0 saturated carbocycles. The van der Waals surface area contributed by atoms with E-state index in [0.29, 0.717) is 15.7 Å². The van der Waals surface area contributed by atoms with E-state index in [4.69, 9.17) is 6.42 Å². The van der Waals surface area contributed by atoms with Crippen molar-refractivity contribution < 1.29 is 8.78 Å². The maximum atomic E-state index is 13.2. The van der Waals surface area contributed by atoms with Crippen LogP contribution in [0.4, 0.5) is 8.78 Å². The van der Waals surface area contributed by atoms with Gasteiger partial charge in [-0.1, -0.05) is 50.1 Å². The molecule has 0 N–H and O–H groups in total. The van der Waals surface area contributed by atoms with E-state index in [2.05, 4.69) is 49.7 Å². The average Bonchev–Trinajstić information content (AvgIpc) is 2.61. The fourth-order valence-corrected chi connectivity index (χ4v) is 2.36. The highest BCUT2D eigenvalue weighted by Crippen LogP contribution is 2.16. The normalized spacial score (nSPS) is 9.04. The Morgan fingerprint density at radius 2 is 1.46 bits per heavy atom. The smallest absolute Gasteiger partial charge is 0.139 e. The highest BCUT2D eigenvalue weighted by molar-refractivity contribution is 14.1. The Morgan fingerprint density at radius 1 is 0.964 bits per heavy atom. The largest absolute Gasteiger partial charge is 0.339 e. The van der Waals surface area contributed by atoms with Crippen molar-refractivity contribution in [3.8, 4) is 24.3 Å². The Hall–Kier alpha value is -1.13. The summed E-state index contributed by atoms with van der Waals surface area (Å²) >= 11 is 8.29. The first-order valence-corrected chi connectivity index (χ1v) is 10.6. The van der Waals surface area contributed by atoms with Crippen LogP contribution in [0.5, 0.6) is 0 Å². The van der Waals surface area contributed by atoms with E-state index in [1.54, 1.807) is 23.1 Å². The zero-order valence-electron chi connectivity index (χ0n) is 16.0. The van der Waals surface area contributed by atoms with Crippen molar-refractivity contribution in [3.05, 3.63) is 66.1 Å². The van der Waals surface area contributed by atoms with E-state index in [9.17, 15) is 8.78 Å². The average molecular weight is 626 g/mol. The monoisotopic (exact) mass is 624 g/mol. The molecule has 0 unspecified atom stereocenters. The molecule has 0 saturated heterocycles. The molecule has 0 amide bonds. The SMILES string of the molecule is C#CN(C)C.CN(C)CC#Cc1ccc(Br)cc1F.Fc1cc(Br)ccc1I. The molecule has 0 aliphatic rings. The molecule has 150 valence electrons. The Labute approximate surface area is 197 Å². The molecule has 2 rings (SSSR count). The standard InChI is InChI=1S/C11H11BrFN.C6H3BrFI.C4H7N/c1-14(2)7-3-4-9-5-6-10(12)8-11(9)13;7-4-1-2-6(9)5(8)3-4;1-4-5(2)3/h5-6,8H,7H2,1-2H3;1-3H;1H,2-3H3. The Kier molecular flexibility index (Phi) is 14.2. The summed E-state index contributed by atoms with van der Waals surface area (Å²) < 4.78 is 27.9. The summed E-state index contributed by atoms with van der Waals surface area (Å²) in [5, 5.41) is 0. The predicted molar refractivity (Wildman–Crippen MR) is 129 cm³/mol. The van der Waals surface area contributed by atoms with Gasteiger partial charge < -0.3 is 4.90 Å². The van der Waals surface area contributed by atoms with E-state index in [1.165, 1.54) is 12.1 Å². The third-order valence-corrected chi connectivity index (χ3v) is 4.55. The first kappa shape index (κ1) is 26.9. The van der Waals surface area contributed by atoms with Crippen molar-refractivity contribution in [3.63, 3.8) is 0 Å². The molecular formula is C21H21Br2F2IN2. The molecule has 2 nitrogen and oxygen atoms in total. The molecule has 28 heavy (non-hydrogen) atoms. The molecule has 7 heteroatoms. The molecule has 0 spiro atoms. The topological polar surface area (TPSA) is 6.48 Å². The number of halogens is 5. The molecule has 0 bridgehead atoms. The van der Waals surface area contributed by atoms with E-state index < -0.39 is 0 Å². The van der Waals surface area contributed by atoms with Gasteiger partial charge in [0.2, 0.25) is 0 Å². The van der Waals surface area contributed by atoms with E-state index in [-0.39, 0.29) is 11.6 Å². The summed E-state index contributed by atoms with van der Waals surface area (Å²) in [5.41, 5.74) is 0.440. The van der Waals surface area contributed by atoms with Gasteiger partial charge in [0, 0.05) is 32.7 Å². The van der Waals surface area contributed by atoms with Crippen LogP contribution < -0.4 is 0 Å². The molecule has 0 aliphatic carbocycles. The zero-order valence-corrected chi connectivity index (χ0v) is 21.4. The number of hydrogen-bond donors (Lipinski definition) is 0. The van der Waals surface area contributed by atoms with Crippen molar-refractivity contribution in [1.82, 2.24) is 9.80 Å². The van der Waals surface area contributed by atoms with E-state index >= 15 is 0 Å². The lowest BCUT2D eigenvalue weighted by molar-refractivity contribution is 0.464. The second-order valence-corrected chi connectivity index (χ2v) is 8.74. The zero-order chi connectivity index (χ0) is 21.7. The minimum atomic E-state index is -0.286. The van der Waals surface area contributed by atoms with Crippen LogP contribution >= 0.6 is 54.5 Å². The van der Waals surface area contributed by atoms with Crippen LogP contribution in [0.25, 0.3) is 0 Å². The summed E-state index contributed by atoms with van der Waals surface area (Å²) in [6, 6.07) is 12.2. The van der Waals surface area contributed by atoms with Crippen LogP contribution in [0.15, 0.2) is 45.3 Å². The fourth-order valence-electron chi connectivity index (χ4n) is 1.35. The number of rotatable bonds is 1. The lowest BCUT2D eigenvalue weighted by Crippen LogP contribution is -2.10. The van der Waals surface area contributed by atoms with Gasteiger partial charge in [-0.15, -0.1) is 0 Å². The number of hydrogen-bond acceptors (Lipinski definition) is 2. The molecule has 2 aromatic carbocycles. The van der Waals surface area contributed by atoms with Gasteiger partial charge in [0.05, 0.1) is 12.1 Å². The molecule has 0 fully saturated rings. The van der Waals surface area contributed by atoms with Crippen LogP contribution in [-0.4, -0.2) is 44.5 Å². The first-order valence-electron chi connectivity index (χ1n) is 7.89. The molecule has 0 radical (unpaired) electrons. The number of benzene rings is 2. The Bertz CT molecular complexity index is 854. The highest BCUT2D eigenvalue weighted by Gasteiger charge is 1.98. The van der Waals surface area contributed by atoms with Crippen LogP contribution in [0.1, 0.15) is 5.56 Å². The van der Waals surface area contributed by atoms with Gasteiger partial charge in [-0.05, 0) is 73.1 Å². The van der Waals surface area contributed by atoms with Crippen molar-refractivity contribution in [1.29, 1.82) is 0 Å². The molecule has 0 aromatic heterocycles. The predicted octanol–water partition coefficient (Wildman–Crippen LogP) is 5.83. The van der Waals surface area contributed by atoms with Gasteiger partial charge in [-0.3, -0.25) is 4.90 Å². The molecule has 0 heterocycles. The number of nitrogens with zero attached hydrogens (tertiary/aromatic N) is 2. The summed E-state index contributed by atoms with van der Waals surface area (Å²) in [6.45, 7) is 0.634. The summed E-state index contributed by atoms with van der Waals surface area (Å²) in [7, 11) is 7.49. The van der Waals surface area contributed by atoms with Gasteiger partial charge in [0.1, 0.15) is 11.6 Å². The first-order chi connectivity index (χ1) is 13.1. The van der Waals surface area contributed by atoms with Gasteiger partial charge in [-0.2, -0.15) is 0 Å². The van der Waals surface area contributed by atoms with Gasteiger partial charge in [0.15, 0.2) is 0 Å². The molecule has 0 atom stereocenters. The minimum absolute atomic E-state index is 0.176. The quantitative estimate of drug-likeness (QED) is 0.170. The van der Waals surface area contributed by atoms with Crippen molar-refractivity contribution in [2.24, 2.45) is 0 Å². The lowest BCUT2D eigenvalue weighted by Gasteiger charge is -2.01. The van der Waals surface area contributed by atoms with E-state index in [1.807, 2.05) is 61.7 Å². The maximum Gasteiger partial charge on any atom is 0.139 e. The summed E-state index contributed by atoms with van der Waals surface area (Å²) in [4.78, 5) is 3.59. The van der Waals surface area contributed by atoms with Crippen LogP contribution in [0, 0.1) is 39.5 Å². The second-order valence-electron chi connectivity index (χ2n) is 5.75. The second kappa shape index (κ2) is 14.8. The summed E-state index contributed by atoms with van der Waals surface area (Å²) in [5.74, 6) is 5.20. The van der Waals surface area contributed by atoms with Crippen LogP contribution in [-0.2, 0) is 0 Å². The van der Waals surface area contributed by atoms with E-state index in [0.717, 1.165) is 8.95 Å². The van der Waals surface area contributed by atoms with Gasteiger partial charge in [0.25, 0.3) is 0 Å². The molecule has 0 aliphatic heterocycles. The Balaban J connectivity index is 0.000000445. The Morgan fingerprint density at radius 3 is 1.86 bits per heavy atom. The summed E-state index contributed by atoms with van der Waals surface area (Å²) in [6.07, 6.45) is 4.85. The lowest BCUT2D eigenvalue weighted by atomic mass is 10.2. The molecule has 2 aromatic rings. The molecular weight excluding hydrogens is 605 g/mol. The minimum Gasteiger partial charge on any atom is -0.339 e. The van der Waals surface area contributed by atoms with Crippen LogP contribution in [0.3, 0.4) is 0 Å².